The van der Waals surface area contributed by atoms with Gasteiger partial charge < -0.3 is 16.0 Å². The van der Waals surface area contributed by atoms with Crippen molar-refractivity contribution < 1.29 is 4.79 Å². The molecule has 0 radical (unpaired) electrons. The molecule has 94 valence electrons. The van der Waals surface area contributed by atoms with Crippen LogP contribution >= 0.6 is 0 Å². The molecule has 0 aliphatic rings. The van der Waals surface area contributed by atoms with Crippen LogP contribution < -0.4 is 16.0 Å². The van der Waals surface area contributed by atoms with Gasteiger partial charge in [0.15, 0.2) is 0 Å². The minimum atomic E-state index is -0.0502. The van der Waals surface area contributed by atoms with Crippen LogP contribution in [0, 0.1) is 12.8 Å². The van der Waals surface area contributed by atoms with E-state index in [4.69, 9.17) is 5.73 Å². The van der Waals surface area contributed by atoms with E-state index in [0.29, 0.717) is 6.54 Å². The molecule has 4 nitrogen and oxygen atoms in total. The maximum atomic E-state index is 11.5. The predicted octanol–water partition coefficient (Wildman–Crippen LogP) is 1.40. The van der Waals surface area contributed by atoms with Crippen molar-refractivity contribution in [3.63, 3.8) is 0 Å². The number of nitrogens with zero attached hydrogens (tertiary/aromatic N) is 1. The molecule has 4 heteroatoms. The monoisotopic (exact) mass is 235 g/mol. The Hall–Kier alpha value is -1.71. The molecule has 0 aliphatic carbocycles. The lowest BCUT2D eigenvalue weighted by Gasteiger charge is -2.24. The molecular weight excluding hydrogens is 214 g/mol. The van der Waals surface area contributed by atoms with Crippen LogP contribution in [0.2, 0.25) is 0 Å². The maximum absolute atomic E-state index is 11.5. The van der Waals surface area contributed by atoms with Crippen molar-refractivity contribution in [3.05, 3.63) is 23.8 Å². The van der Waals surface area contributed by atoms with Crippen LogP contribution in [0.5, 0.6) is 0 Å². The van der Waals surface area contributed by atoms with E-state index in [-0.39, 0.29) is 11.8 Å². The highest BCUT2D eigenvalue weighted by atomic mass is 16.1. The average molecular weight is 235 g/mol. The predicted molar refractivity (Wildman–Crippen MR) is 72.1 cm³/mol. The number of nitrogen functional groups attached to an aromatic ring is 1. The van der Waals surface area contributed by atoms with E-state index in [1.807, 2.05) is 39.1 Å². The van der Waals surface area contributed by atoms with Crippen LogP contribution in [0.3, 0.4) is 0 Å². The van der Waals surface area contributed by atoms with Crippen molar-refractivity contribution >= 4 is 17.3 Å². The Morgan fingerprint density at radius 1 is 1.53 bits per heavy atom. The van der Waals surface area contributed by atoms with E-state index in [0.717, 1.165) is 16.9 Å². The van der Waals surface area contributed by atoms with E-state index in [2.05, 4.69) is 10.2 Å². The van der Waals surface area contributed by atoms with Gasteiger partial charge >= 0.3 is 0 Å². The number of rotatable bonds is 4. The topological polar surface area (TPSA) is 58.4 Å². The molecule has 1 aromatic carbocycles. The summed E-state index contributed by atoms with van der Waals surface area (Å²) in [4.78, 5) is 13.5. The number of nitrogens with two attached hydrogens (primary N) is 1. The number of anilines is 2. The van der Waals surface area contributed by atoms with Gasteiger partial charge in [-0.05, 0) is 24.6 Å². The van der Waals surface area contributed by atoms with Gasteiger partial charge in [0.05, 0.1) is 5.92 Å². The van der Waals surface area contributed by atoms with E-state index >= 15 is 0 Å². The van der Waals surface area contributed by atoms with Crippen molar-refractivity contribution in [1.29, 1.82) is 0 Å². The summed E-state index contributed by atoms with van der Waals surface area (Å²) >= 11 is 0. The fourth-order valence-electron chi connectivity index (χ4n) is 1.89. The largest absolute Gasteiger partial charge is 0.398 e. The number of hydrogen-bond donors (Lipinski definition) is 2. The van der Waals surface area contributed by atoms with Gasteiger partial charge in [0, 0.05) is 32.0 Å². The third-order valence-electron chi connectivity index (χ3n) is 3.00. The van der Waals surface area contributed by atoms with Crippen LogP contribution in [0.25, 0.3) is 0 Å². The van der Waals surface area contributed by atoms with Crippen molar-refractivity contribution in [2.45, 2.75) is 13.8 Å². The maximum Gasteiger partial charge on any atom is 0.224 e. The zero-order chi connectivity index (χ0) is 13.0. The zero-order valence-electron chi connectivity index (χ0n) is 10.9. The summed E-state index contributed by atoms with van der Waals surface area (Å²) in [6.07, 6.45) is 0. The van der Waals surface area contributed by atoms with Gasteiger partial charge in [0.2, 0.25) is 5.91 Å². The third-order valence-corrected chi connectivity index (χ3v) is 3.00. The van der Waals surface area contributed by atoms with Gasteiger partial charge in [-0.2, -0.15) is 0 Å². The summed E-state index contributed by atoms with van der Waals surface area (Å²) in [5.41, 5.74) is 8.77. The second-order valence-corrected chi connectivity index (χ2v) is 4.39. The molecule has 0 saturated carbocycles. The van der Waals surface area contributed by atoms with Crippen molar-refractivity contribution in [1.82, 2.24) is 5.32 Å². The molecule has 0 aromatic heterocycles. The molecule has 0 saturated heterocycles. The van der Waals surface area contributed by atoms with Gasteiger partial charge in [0.25, 0.3) is 0 Å². The Kier molecular flexibility index (Phi) is 4.37. The average Bonchev–Trinajstić information content (AvgIpc) is 2.31. The first-order chi connectivity index (χ1) is 7.97. The van der Waals surface area contributed by atoms with Crippen molar-refractivity contribution in [3.8, 4) is 0 Å². The normalized spacial score (nSPS) is 12.0. The molecule has 1 rings (SSSR count). The SMILES string of the molecule is CNC(=O)C(C)CN(C)c1cccc(N)c1C. The van der Waals surface area contributed by atoms with E-state index in [1.54, 1.807) is 7.05 Å². The summed E-state index contributed by atoms with van der Waals surface area (Å²) in [6, 6.07) is 5.83. The molecule has 1 unspecified atom stereocenters. The highest BCUT2D eigenvalue weighted by Crippen LogP contribution is 2.24. The molecule has 17 heavy (non-hydrogen) atoms. The van der Waals surface area contributed by atoms with Crippen LogP contribution in [-0.2, 0) is 4.79 Å². The summed E-state index contributed by atoms with van der Waals surface area (Å²) in [5.74, 6) is 0.00392. The first-order valence-corrected chi connectivity index (χ1v) is 5.75. The van der Waals surface area contributed by atoms with E-state index in [9.17, 15) is 4.79 Å². The first-order valence-electron chi connectivity index (χ1n) is 5.75. The lowest BCUT2D eigenvalue weighted by molar-refractivity contribution is -0.123. The molecule has 1 atom stereocenters. The number of carbonyl (C=O) groups is 1. The zero-order valence-corrected chi connectivity index (χ0v) is 10.9. The van der Waals surface area contributed by atoms with E-state index < -0.39 is 0 Å². The van der Waals surface area contributed by atoms with Gasteiger partial charge in [-0.25, -0.2) is 0 Å². The van der Waals surface area contributed by atoms with Crippen LogP contribution in [-0.4, -0.2) is 26.5 Å². The summed E-state index contributed by atoms with van der Waals surface area (Å²) in [7, 11) is 3.63. The number of hydrogen-bond acceptors (Lipinski definition) is 3. The number of benzene rings is 1. The Morgan fingerprint density at radius 2 is 2.18 bits per heavy atom. The smallest absolute Gasteiger partial charge is 0.224 e. The van der Waals surface area contributed by atoms with Crippen LogP contribution in [0.15, 0.2) is 18.2 Å². The highest BCUT2D eigenvalue weighted by Gasteiger charge is 2.15. The Balaban J connectivity index is 2.80. The van der Waals surface area contributed by atoms with Gasteiger partial charge in [-0.15, -0.1) is 0 Å². The molecule has 0 fully saturated rings. The number of amides is 1. The lowest BCUT2D eigenvalue weighted by Crippen LogP contribution is -2.34. The van der Waals surface area contributed by atoms with E-state index in [1.165, 1.54) is 0 Å². The van der Waals surface area contributed by atoms with Gasteiger partial charge in [-0.3, -0.25) is 4.79 Å². The number of carbonyl (C=O) groups excluding carboxylic acids is 1. The van der Waals surface area contributed by atoms with Crippen molar-refractivity contribution in [2.24, 2.45) is 5.92 Å². The van der Waals surface area contributed by atoms with Gasteiger partial charge in [-0.1, -0.05) is 13.0 Å². The minimum absolute atomic E-state index is 0.0502. The summed E-state index contributed by atoms with van der Waals surface area (Å²) in [6.45, 7) is 4.58. The van der Waals surface area contributed by atoms with Crippen LogP contribution in [0.4, 0.5) is 11.4 Å². The Morgan fingerprint density at radius 3 is 2.76 bits per heavy atom. The standard InChI is InChI=1S/C13H21N3O/c1-9(13(17)15-3)8-16(4)12-7-5-6-11(14)10(12)2/h5-7,9H,8,14H2,1-4H3,(H,15,17). The van der Waals surface area contributed by atoms with Crippen LogP contribution in [0.1, 0.15) is 12.5 Å². The molecule has 0 aliphatic heterocycles. The molecule has 1 amide bonds. The molecule has 1 aromatic rings. The second kappa shape index (κ2) is 5.57. The fraction of sp³-hybridized carbons (Fsp3) is 0.462. The minimum Gasteiger partial charge on any atom is -0.398 e. The molecular formula is C13H21N3O. The highest BCUT2D eigenvalue weighted by molar-refractivity contribution is 5.78. The summed E-state index contributed by atoms with van der Waals surface area (Å²) < 4.78 is 0. The second-order valence-electron chi connectivity index (χ2n) is 4.39. The quantitative estimate of drug-likeness (QED) is 0.775. The Bertz CT molecular complexity index is 404. The lowest BCUT2D eigenvalue weighted by atomic mass is 10.1. The van der Waals surface area contributed by atoms with Crippen molar-refractivity contribution in [2.75, 3.05) is 31.3 Å². The number of nitrogens with one attached hydrogen (secondary N) is 1. The summed E-state index contributed by atoms with van der Waals surface area (Å²) in [5, 5.41) is 2.66. The molecule has 0 bridgehead atoms. The molecule has 3 N–H and O–H groups in total. The van der Waals surface area contributed by atoms with Gasteiger partial charge in [0.1, 0.15) is 0 Å². The fourth-order valence-corrected chi connectivity index (χ4v) is 1.89. The Labute approximate surface area is 103 Å². The molecule has 0 heterocycles. The molecule has 0 spiro atoms. The first kappa shape index (κ1) is 13.4. The third kappa shape index (κ3) is 3.12.